The van der Waals surface area contributed by atoms with Crippen molar-refractivity contribution in [1.82, 2.24) is 30.0 Å². The molecule has 3 aromatic rings. The number of benzene rings is 1. The molecule has 0 aliphatic carbocycles. The van der Waals surface area contributed by atoms with Crippen molar-refractivity contribution in [2.75, 3.05) is 44.4 Å². The summed E-state index contributed by atoms with van der Waals surface area (Å²) in [6.07, 6.45) is 8.10. The molecule has 0 unspecified atom stereocenters. The van der Waals surface area contributed by atoms with E-state index in [4.69, 9.17) is 11.6 Å². The Morgan fingerprint density at radius 3 is 2.61 bits per heavy atom. The predicted molar refractivity (Wildman–Crippen MR) is 140 cm³/mol. The fraction of sp³-hybridized carbons (Fsp3) is 0.320. The van der Waals surface area contributed by atoms with Crippen molar-refractivity contribution in [3.8, 4) is 11.4 Å². The van der Waals surface area contributed by atoms with E-state index in [2.05, 4.69) is 30.8 Å². The second-order valence-corrected chi connectivity index (χ2v) is 9.20. The Balaban J connectivity index is 1.28. The minimum Gasteiger partial charge on any atom is -0.351 e. The fourth-order valence-corrected chi connectivity index (χ4v) is 4.04. The molecule has 188 valence electrons. The molecule has 1 fully saturated rings. The van der Waals surface area contributed by atoms with Crippen molar-refractivity contribution >= 4 is 35.1 Å². The highest BCUT2D eigenvalue weighted by Crippen LogP contribution is 2.25. The number of anilines is 2. The fourth-order valence-electron chi connectivity index (χ4n) is 3.85. The van der Waals surface area contributed by atoms with Crippen LogP contribution in [0, 0.1) is 0 Å². The first-order chi connectivity index (χ1) is 17.4. The summed E-state index contributed by atoms with van der Waals surface area (Å²) in [7, 11) is 3.87. The number of amides is 2. The second-order valence-electron chi connectivity index (χ2n) is 8.79. The number of aromatic nitrogens is 4. The lowest BCUT2D eigenvalue weighted by Gasteiger charge is -2.32. The van der Waals surface area contributed by atoms with Crippen LogP contribution in [0.25, 0.3) is 11.4 Å². The van der Waals surface area contributed by atoms with E-state index in [1.165, 1.54) is 6.08 Å². The van der Waals surface area contributed by atoms with Crippen LogP contribution in [0.1, 0.15) is 23.2 Å². The number of rotatable bonds is 8. The molecular weight excluding hydrogens is 480 g/mol. The Kier molecular flexibility index (Phi) is 8.29. The number of likely N-dealkylation sites (N-methyl/N-ethyl adjacent to an activating group) is 1. The van der Waals surface area contributed by atoms with Crippen LogP contribution >= 0.6 is 11.6 Å². The molecule has 0 radical (unpaired) electrons. The van der Waals surface area contributed by atoms with Crippen molar-refractivity contribution in [2.45, 2.75) is 18.9 Å². The number of hydrogen-bond acceptors (Lipinski definition) is 7. The maximum atomic E-state index is 13.0. The minimum absolute atomic E-state index is 0.0271. The summed E-state index contributed by atoms with van der Waals surface area (Å²) < 4.78 is 0. The number of nitrogens with zero attached hydrogens (tertiary/aromatic N) is 5. The van der Waals surface area contributed by atoms with Gasteiger partial charge in [-0.1, -0.05) is 17.7 Å². The third-order valence-electron chi connectivity index (χ3n) is 5.74. The molecule has 3 N–H and O–H groups in total. The van der Waals surface area contributed by atoms with Gasteiger partial charge in [-0.25, -0.2) is 9.97 Å². The predicted octanol–water partition coefficient (Wildman–Crippen LogP) is 3.29. The number of nitrogens with one attached hydrogen (secondary N) is 3. The monoisotopic (exact) mass is 508 g/mol. The van der Waals surface area contributed by atoms with E-state index in [0.29, 0.717) is 53.2 Å². The van der Waals surface area contributed by atoms with Gasteiger partial charge in [0.05, 0.1) is 11.2 Å². The molecule has 36 heavy (non-hydrogen) atoms. The van der Waals surface area contributed by atoms with Crippen molar-refractivity contribution in [3.05, 3.63) is 65.5 Å². The van der Waals surface area contributed by atoms with E-state index in [-0.39, 0.29) is 17.9 Å². The normalized spacial score (nSPS) is 14.4. The third-order valence-corrected chi connectivity index (χ3v) is 6.02. The van der Waals surface area contributed by atoms with Crippen LogP contribution in [0.2, 0.25) is 5.02 Å². The molecule has 2 aromatic heterocycles. The number of H-pyrrole nitrogens is 1. The summed E-state index contributed by atoms with van der Waals surface area (Å²) in [6.45, 7) is 1.92. The zero-order valence-electron chi connectivity index (χ0n) is 20.2. The molecule has 0 spiro atoms. The van der Waals surface area contributed by atoms with Crippen LogP contribution in [0.3, 0.4) is 0 Å². The Bertz CT molecular complexity index is 1200. The van der Waals surface area contributed by atoms with Crippen molar-refractivity contribution in [3.63, 3.8) is 0 Å². The highest BCUT2D eigenvalue weighted by atomic mass is 35.5. The zero-order chi connectivity index (χ0) is 25.5. The van der Waals surface area contributed by atoms with E-state index in [1.54, 1.807) is 48.8 Å². The van der Waals surface area contributed by atoms with Crippen LogP contribution in [-0.4, -0.2) is 81.6 Å². The maximum absolute atomic E-state index is 13.0. The average Bonchev–Trinajstić information content (AvgIpc) is 3.40. The SMILES string of the molecule is CN(C)CC=CC(=O)Nc1ccc(C(=O)N2CCC(Nc3ncc(Cl)c(-c4cc[nH]n4)n3)CC2)cc1. The minimum atomic E-state index is -0.202. The molecular formula is C25H29ClN8O2. The number of piperidine rings is 1. The van der Waals surface area contributed by atoms with Gasteiger partial charge in [-0.3, -0.25) is 14.7 Å². The van der Waals surface area contributed by atoms with Crippen molar-refractivity contribution in [2.24, 2.45) is 0 Å². The molecule has 11 heteroatoms. The molecule has 1 saturated heterocycles. The molecule has 0 saturated carbocycles. The van der Waals surface area contributed by atoms with Crippen molar-refractivity contribution in [1.29, 1.82) is 0 Å². The van der Waals surface area contributed by atoms with E-state index in [0.717, 1.165) is 12.8 Å². The van der Waals surface area contributed by atoms with Crippen LogP contribution < -0.4 is 10.6 Å². The Morgan fingerprint density at radius 1 is 1.19 bits per heavy atom. The van der Waals surface area contributed by atoms with Gasteiger partial charge in [0.25, 0.3) is 5.91 Å². The number of halogens is 1. The summed E-state index contributed by atoms with van der Waals surface area (Å²) in [6, 6.07) is 8.91. The van der Waals surface area contributed by atoms with Crippen LogP contribution in [0.15, 0.2) is 54.9 Å². The molecule has 2 amide bonds. The van der Waals surface area contributed by atoms with Crippen LogP contribution in [-0.2, 0) is 4.79 Å². The third kappa shape index (κ3) is 6.67. The van der Waals surface area contributed by atoms with E-state index in [1.807, 2.05) is 23.9 Å². The van der Waals surface area contributed by atoms with Gasteiger partial charge >= 0.3 is 0 Å². The quantitative estimate of drug-likeness (QED) is 0.399. The van der Waals surface area contributed by atoms with E-state index in [9.17, 15) is 9.59 Å². The summed E-state index contributed by atoms with van der Waals surface area (Å²) in [5.74, 6) is 0.254. The lowest BCUT2D eigenvalue weighted by atomic mass is 10.0. The topological polar surface area (TPSA) is 119 Å². The lowest BCUT2D eigenvalue weighted by Crippen LogP contribution is -2.42. The van der Waals surface area contributed by atoms with Gasteiger partial charge < -0.3 is 20.4 Å². The number of aromatic amines is 1. The van der Waals surface area contributed by atoms with E-state index >= 15 is 0 Å². The van der Waals surface area contributed by atoms with Gasteiger partial charge in [0.15, 0.2) is 0 Å². The molecule has 0 atom stereocenters. The van der Waals surface area contributed by atoms with Crippen LogP contribution in [0.5, 0.6) is 0 Å². The maximum Gasteiger partial charge on any atom is 0.253 e. The van der Waals surface area contributed by atoms with Gasteiger partial charge in [0.1, 0.15) is 11.4 Å². The number of likely N-dealkylation sites (tertiary alicyclic amines) is 1. The Morgan fingerprint density at radius 2 is 1.94 bits per heavy atom. The Hall–Kier alpha value is -3.76. The van der Waals surface area contributed by atoms with E-state index < -0.39 is 0 Å². The molecule has 1 aliphatic rings. The van der Waals surface area contributed by atoms with Crippen LogP contribution in [0.4, 0.5) is 11.6 Å². The smallest absolute Gasteiger partial charge is 0.253 e. The van der Waals surface area contributed by atoms with Gasteiger partial charge in [0, 0.05) is 49.2 Å². The molecule has 0 bridgehead atoms. The standard InChI is InChI=1S/C25H29ClN8O2/c1-33(2)13-3-4-22(35)29-18-7-5-17(6-8-18)24(36)34-14-10-19(11-15-34)30-25-27-16-20(26)23(31-25)21-9-12-28-32-21/h3-9,12,16,19H,10-11,13-15H2,1-2H3,(H,28,32)(H,29,35)(H,27,30,31). The van der Waals surface area contributed by atoms with Gasteiger partial charge in [-0.05, 0) is 57.3 Å². The first-order valence-electron chi connectivity index (χ1n) is 11.7. The lowest BCUT2D eigenvalue weighted by molar-refractivity contribution is -0.111. The Labute approximate surface area is 214 Å². The first-order valence-corrected chi connectivity index (χ1v) is 12.1. The summed E-state index contributed by atoms with van der Waals surface area (Å²) in [5.41, 5.74) is 2.45. The highest BCUT2D eigenvalue weighted by Gasteiger charge is 2.24. The summed E-state index contributed by atoms with van der Waals surface area (Å²) >= 11 is 6.23. The highest BCUT2D eigenvalue weighted by molar-refractivity contribution is 6.32. The average molecular weight is 509 g/mol. The number of carbonyl (C=O) groups is 2. The molecule has 10 nitrogen and oxygen atoms in total. The molecule has 3 heterocycles. The summed E-state index contributed by atoms with van der Waals surface area (Å²) in [4.78, 5) is 37.6. The molecule has 4 rings (SSSR count). The van der Waals surface area contributed by atoms with Crippen molar-refractivity contribution < 1.29 is 9.59 Å². The zero-order valence-corrected chi connectivity index (χ0v) is 21.0. The van der Waals surface area contributed by atoms with Gasteiger partial charge in [-0.15, -0.1) is 0 Å². The van der Waals surface area contributed by atoms with Gasteiger partial charge in [-0.2, -0.15) is 5.10 Å². The molecule has 1 aromatic carbocycles. The number of hydrogen-bond donors (Lipinski definition) is 3. The molecule has 1 aliphatic heterocycles. The second kappa shape index (κ2) is 11.8. The number of carbonyl (C=O) groups excluding carboxylic acids is 2. The van der Waals surface area contributed by atoms with Gasteiger partial charge in [0.2, 0.25) is 11.9 Å². The first kappa shape index (κ1) is 25.3. The summed E-state index contributed by atoms with van der Waals surface area (Å²) in [5, 5.41) is 13.5. The largest absolute Gasteiger partial charge is 0.351 e.